The number of amides is 3. The van der Waals surface area contributed by atoms with Gasteiger partial charge < -0.3 is 4.90 Å². The SMILES string of the molecule is CCCC(=O)N(CCc1cccc(Cl)c1)C1CC(=O)N(c2ccc(-c3nc4ccc(C)cc4s3)cc2)C1=O. The molecule has 1 saturated heterocycles. The molecule has 1 fully saturated rings. The van der Waals surface area contributed by atoms with E-state index in [9.17, 15) is 14.4 Å². The van der Waals surface area contributed by atoms with E-state index in [1.807, 2.05) is 49.4 Å². The molecule has 0 saturated carbocycles. The third-order valence-electron chi connectivity index (χ3n) is 6.73. The number of carbonyl (C=O) groups excluding carboxylic acids is 3. The zero-order valence-electron chi connectivity index (χ0n) is 21.3. The second-order valence-electron chi connectivity index (χ2n) is 9.54. The van der Waals surface area contributed by atoms with Crippen LogP contribution in [-0.2, 0) is 20.8 Å². The Kier molecular flexibility index (Phi) is 7.58. The van der Waals surface area contributed by atoms with Gasteiger partial charge in [0.15, 0.2) is 0 Å². The van der Waals surface area contributed by atoms with Crippen molar-refractivity contribution in [1.82, 2.24) is 9.88 Å². The maximum Gasteiger partial charge on any atom is 0.257 e. The molecule has 0 radical (unpaired) electrons. The zero-order chi connectivity index (χ0) is 26.8. The summed E-state index contributed by atoms with van der Waals surface area (Å²) in [5.74, 6) is -0.794. The zero-order valence-corrected chi connectivity index (χ0v) is 22.9. The smallest absolute Gasteiger partial charge is 0.257 e. The van der Waals surface area contributed by atoms with Gasteiger partial charge in [-0.3, -0.25) is 14.4 Å². The molecule has 0 N–H and O–H groups in total. The van der Waals surface area contributed by atoms with Crippen molar-refractivity contribution in [3.63, 3.8) is 0 Å². The number of carbonyl (C=O) groups is 3. The predicted molar refractivity (Wildman–Crippen MR) is 152 cm³/mol. The van der Waals surface area contributed by atoms with Gasteiger partial charge in [-0.1, -0.05) is 36.7 Å². The van der Waals surface area contributed by atoms with Gasteiger partial charge in [0.2, 0.25) is 11.8 Å². The maximum absolute atomic E-state index is 13.5. The number of hydrogen-bond acceptors (Lipinski definition) is 5. The standard InChI is InChI=1S/C30H28ClN3O3S/c1-3-5-27(35)33(15-14-20-6-4-7-22(31)17-20)25-18-28(36)34(30(25)37)23-11-9-21(10-12-23)29-32-24-13-8-19(2)16-26(24)38-29/h4,6-13,16-17,25H,3,5,14-15,18H2,1-2H3. The van der Waals surface area contributed by atoms with Crippen LogP contribution in [0.4, 0.5) is 5.69 Å². The van der Waals surface area contributed by atoms with Crippen LogP contribution in [0.2, 0.25) is 5.02 Å². The number of rotatable bonds is 8. The molecule has 0 spiro atoms. The van der Waals surface area contributed by atoms with Crippen molar-refractivity contribution in [1.29, 1.82) is 0 Å². The van der Waals surface area contributed by atoms with Crippen LogP contribution < -0.4 is 4.90 Å². The van der Waals surface area contributed by atoms with Crippen molar-refractivity contribution in [2.45, 2.75) is 45.6 Å². The van der Waals surface area contributed by atoms with Crippen molar-refractivity contribution in [3.8, 4) is 10.6 Å². The number of halogens is 1. The van der Waals surface area contributed by atoms with Crippen molar-refractivity contribution in [2.75, 3.05) is 11.4 Å². The van der Waals surface area contributed by atoms with Gasteiger partial charge in [-0.25, -0.2) is 9.88 Å². The molecule has 0 bridgehead atoms. The molecule has 2 heterocycles. The lowest BCUT2D eigenvalue weighted by Crippen LogP contribution is -2.46. The summed E-state index contributed by atoms with van der Waals surface area (Å²) in [5.41, 5.74) is 4.52. The highest BCUT2D eigenvalue weighted by molar-refractivity contribution is 7.21. The summed E-state index contributed by atoms with van der Waals surface area (Å²) in [4.78, 5) is 47.1. The van der Waals surface area contributed by atoms with Crippen LogP contribution in [0.25, 0.3) is 20.8 Å². The average molecular weight is 546 g/mol. The Bertz CT molecular complexity index is 1510. The lowest BCUT2D eigenvalue weighted by molar-refractivity contribution is -0.138. The minimum Gasteiger partial charge on any atom is -0.330 e. The van der Waals surface area contributed by atoms with Gasteiger partial charge in [-0.2, -0.15) is 0 Å². The number of thiazole rings is 1. The second-order valence-corrected chi connectivity index (χ2v) is 11.0. The Balaban J connectivity index is 1.35. The molecule has 5 rings (SSSR count). The molecule has 194 valence electrons. The Labute approximate surface area is 230 Å². The molecule has 1 aromatic heterocycles. The second kappa shape index (κ2) is 11.1. The number of fused-ring (bicyclic) bond motifs is 1. The third kappa shape index (κ3) is 5.35. The summed E-state index contributed by atoms with van der Waals surface area (Å²) in [7, 11) is 0. The molecular weight excluding hydrogens is 518 g/mol. The van der Waals surface area contributed by atoms with Crippen LogP contribution in [0.1, 0.15) is 37.3 Å². The summed E-state index contributed by atoms with van der Waals surface area (Å²) in [6.07, 6.45) is 1.51. The molecule has 1 aliphatic heterocycles. The van der Waals surface area contributed by atoms with E-state index in [0.717, 1.165) is 26.4 Å². The Morgan fingerprint density at radius 2 is 1.89 bits per heavy atom. The van der Waals surface area contributed by atoms with E-state index < -0.39 is 6.04 Å². The Morgan fingerprint density at radius 1 is 1.11 bits per heavy atom. The Morgan fingerprint density at radius 3 is 2.63 bits per heavy atom. The fourth-order valence-corrected chi connectivity index (χ4v) is 6.08. The molecule has 1 atom stereocenters. The van der Waals surface area contributed by atoms with Gasteiger partial charge in [0.1, 0.15) is 11.0 Å². The van der Waals surface area contributed by atoms with Gasteiger partial charge >= 0.3 is 0 Å². The van der Waals surface area contributed by atoms with Crippen molar-refractivity contribution in [2.24, 2.45) is 0 Å². The first-order valence-corrected chi connectivity index (χ1v) is 13.9. The molecule has 8 heteroatoms. The fourth-order valence-electron chi connectivity index (χ4n) is 4.79. The number of anilines is 1. The number of nitrogens with zero attached hydrogens (tertiary/aromatic N) is 3. The molecule has 6 nitrogen and oxygen atoms in total. The Hall–Kier alpha value is -3.55. The highest BCUT2D eigenvalue weighted by Gasteiger charge is 2.44. The summed E-state index contributed by atoms with van der Waals surface area (Å²) >= 11 is 7.73. The minimum absolute atomic E-state index is 0.0250. The minimum atomic E-state index is -0.812. The van der Waals surface area contributed by atoms with Crippen LogP contribution in [-0.4, -0.2) is 40.2 Å². The van der Waals surface area contributed by atoms with Crippen LogP contribution in [0.3, 0.4) is 0 Å². The van der Waals surface area contributed by atoms with E-state index >= 15 is 0 Å². The quantitative estimate of drug-likeness (QED) is 0.239. The molecule has 38 heavy (non-hydrogen) atoms. The van der Waals surface area contributed by atoms with Crippen molar-refractivity contribution < 1.29 is 14.4 Å². The van der Waals surface area contributed by atoms with Crippen LogP contribution in [0.5, 0.6) is 0 Å². The molecule has 4 aromatic rings. The summed E-state index contributed by atoms with van der Waals surface area (Å²) in [6.45, 7) is 4.32. The predicted octanol–water partition coefficient (Wildman–Crippen LogP) is 6.43. The van der Waals surface area contributed by atoms with Crippen LogP contribution in [0, 0.1) is 6.92 Å². The monoisotopic (exact) mass is 545 g/mol. The van der Waals surface area contributed by atoms with Crippen molar-refractivity contribution in [3.05, 3.63) is 82.9 Å². The fraction of sp³-hybridized carbons (Fsp3) is 0.267. The number of benzene rings is 3. The summed E-state index contributed by atoms with van der Waals surface area (Å²) in [6, 6.07) is 20.1. The van der Waals surface area contributed by atoms with E-state index in [-0.39, 0.29) is 24.1 Å². The van der Waals surface area contributed by atoms with E-state index in [0.29, 0.717) is 36.5 Å². The highest BCUT2D eigenvalue weighted by Crippen LogP contribution is 2.33. The number of aryl methyl sites for hydroxylation is 1. The summed E-state index contributed by atoms with van der Waals surface area (Å²) in [5, 5.41) is 1.50. The lowest BCUT2D eigenvalue weighted by Gasteiger charge is -2.28. The van der Waals surface area contributed by atoms with Crippen LogP contribution in [0.15, 0.2) is 66.7 Å². The topological polar surface area (TPSA) is 70.6 Å². The first-order chi connectivity index (χ1) is 18.3. The average Bonchev–Trinajstić information content (AvgIpc) is 3.44. The molecule has 1 unspecified atom stereocenters. The maximum atomic E-state index is 13.5. The van der Waals surface area contributed by atoms with E-state index in [1.165, 1.54) is 10.5 Å². The number of hydrogen-bond donors (Lipinski definition) is 0. The van der Waals surface area contributed by atoms with E-state index in [1.54, 1.807) is 34.4 Å². The molecule has 3 aromatic carbocycles. The lowest BCUT2D eigenvalue weighted by atomic mass is 10.1. The number of aromatic nitrogens is 1. The molecule has 3 amide bonds. The van der Waals surface area contributed by atoms with Gasteiger partial charge in [0.25, 0.3) is 5.91 Å². The van der Waals surface area contributed by atoms with Crippen molar-refractivity contribution >= 4 is 56.6 Å². The van der Waals surface area contributed by atoms with Gasteiger partial charge in [-0.15, -0.1) is 11.3 Å². The third-order valence-corrected chi connectivity index (χ3v) is 8.03. The van der Waals surface area contributed by atoms with Gasteiger partial charge in [-0.05, 0) is 79.4 Å². The molecule has 1 aliphatic rings. The van der Waals surface area contributed by atoms with E-state index in [4.69, 9.17) is 16.6 Å². The molecule has 0 aliphatic carbocycles. The van der Waals surface area contributed by atoms with Gasteiger partial charge in [0, 0.05) is 23.6 Å². The van der Waals surface area contributed by atoms with Gasteiger partial charge in [0.05, 0.1) is 22.3 Å². The van der Waals surface area contributed by atoms with E-state index in [2.05, 4.69) is 13.0 Å². The molecular formula is C30H28ClN3O3S. The largest absolute Gasteiger partial charge is 0.330 e. The number of imide groups is 1. The first-order valence-electron chi connectivity index (χ1n) is 12.7. The first kappa shape index (κ1) is 26.1. The normalized spacial score (nSPS) is 15.4. The summed E-state index contributed by atoms with van der Waals surface area (Å²) < 4.78 is 1.12. The van der Waals surface area contributed by atoms with Crippen LogP contribution >= 0.6 is 22.9 Å². The highest BCUT2D eigenvalue weighted by atomic mass is 35.5.